The highest BCUT2D eigenvalue weighted by Gasteiger charge is 2.32. The second-order valence-electron chi connectivity index (χ2n) is 5.22. The summed E-state index contributed by atoms with van der Waals surface area (Å²) in [5.41, 5.74) is 0.915. The maximum Gasteiger partial charge on any atom is 0.325 e. The Morgan fingerprint density at radius 1 is 1.04 bits per heavy atom. The lowest BCUT2D eigenvalue weighted by Gasteiger charge is -2.18. The van der Waals surface area contributed by atoms with Gasteiger partial charge in [0.25, 0.3) is 0 Å². The van der Waals surface area contributed by atoms with Gasteiger partial charge in [-0.1, -0.05) is 30.3 Å². The van der Waals surface area contributed by atoms with E-state index in [9.17, 15) is 14.0 Å². The van der Waals surface area contributed by atoms with E-state index in [2.05, 4.69) is 5.32 Å². The van der Waals surface area contributed by atoms with Crippen molar-refractivity contribution < 1.29 is 14.0 Å². The van der Waals surface area contributed by atoms with Crippen molar-refractivity contribution in [2.45, 2.75) is 0 Å². The molecule has 0 spiro atoms. The van der Waals surface area contributed by atoms with Crippen LogP contribution in [0.15, 0.2) is 54.6 Å². The van der Waals surface area contributed by atoms with Gasteiger partial charge in [0.15, 0.2) is 0 Å². The summed E-state index contributed by atoms with van der Waals surface area (Å²) in [5.74, 6) is -0.726. The molecule has 0 saturated carbocycles. The van der Waals surface area contributed by atoms with E-state index in [-0.39, 0.29) is 24.2 Å². The van der Waals surface area contributed by atoms with Crippen molar-refractivity contribution in [3.05, 3.63) is 60.4 Å². The number of amides is 3. The van der Waals surface area contributed by atoms with E-state index in [0.29, 0.717) is 18.8 Å². The van der Waals surface area contributed by atoms with Gasteiger partial charge in [0, 0.05) is 18.8 Å². The molecule has 1 N–H and O–H groups in total. The molecule has 1 fully saturated rings. The molecule has 0 aliphatic carbocycles. The minimum absolute atomic E-state index is 0.0569. The standard InChI is InChI=1S/C17H16FN3O2/c18-14-8-4-5-9-15(14)21-11-10-20(17(21)23)12-16(22)19-13-6-2-1-3-7-13/h1-9H,10-12H2,(H,19,22). The first-order valence-electron chi connectivity index (χ1n) is 7.31. The number of urea groups is 1. The van der Waals surface area contributed by atoms with Crippen LogP contribution in [0.1, 0.15) is 0 Å². The van der Waals surface area contributed by atoms with Crippen molar-refractivity contribution in [3.63, 3.8) is 0 Å². The van der Waals surface area contributed by atoms with Gasteiger partial charge >= 0.3 is 6.03 Å². The monoisotopic (exact) mass is 313 g/mol. The van der Waals surface area contributed by atoms with E-state index < -0.39 is 5.82 Å². The van der Waals surface area contributed by atoms with Gasteiger partial charge in [-0.15, -0.1) is 0 Å². The van der Waals surface area contributed by atoms with Crippen LogP contribution >= 0.6 is 0 Å². The number of carbonyl (C=O) groups is 2. The third kappa shape index (κ3) is 3.31. The molecule has 0 bridgehead atoms. The summed E-state index contributed by atoms with van der Waals surface area (Å²) in [6.45, 7) is 0.687. The number of halogens is 1. The maximum absolute atomic E-state index is 13.8. The predicted octanol–water partition coefficient (Wildman–Crippen LogP) is 2.71. The maximum atomic E-state index is 13.8. The average molecular weight is 313 g/mol. The van der Waals surface area contributed by atoms with Crippen LogP contribution in [0.5, 0.6) is 0 Å². The third-order valence-electron chi connectivity index (χ3n) is 3.63. The predicted molar refractivity (Wildman–Crippen MR) is 85.8 cm³/mol. The van der Waals surface area contributed by atoms with Gasteiger partial charge in [0.2, 0.25) is 5.91 Å². The number of nitrogens with zero attached hydrogens (tertiary/aromatic N) is 2. The van der Waals surface area contributed by atoms with Crippen LogP contribution in [0.2, 0.25) is 0 Å². The topological polar surface area (TPSA) is 52.7 Å². The molecule has 23 heavy (non-hydrogen) atoms. The highest BCUT2D eigenvalue weighted by atomic mass is 19.1. The van der Waals surface area contributed by atoms with E-state index in [1.165, 1.54) is 15.9 Å². The van der Waals surface area contributed by atoms with Crippen molar-refractivity contribution in [2.75, 3.05) is 29.9 Å². The Morgan fingerprint density at radius 2 is 1.74 bits per heavy atom. The number of nitrogens with one attached hydrogen (secondary N) is 1. The smallest absolute Gasteiger partial charge is 0.325 e. The normalized spacial score (nSPS) is 14.2. The minimum atomic E-state index is -0.448. The largest absolute Gasteiger partial charge is 0.325 e. The Labute approximate surface area is 133 Å². The fourth-order valence-electron chi connectivity index (χ4n) is 2.52. The van der Waals surface area contributed by atoms with E-state index >= 15 is 0 Å². The zero-order valence-electron chi connectivity index (χ0n) is 12.4. The molecule has 118 valence electrons. The lowest BCUT2D eigenvalue weighted by atomic mass is 10.3. The van der Waals surface area contributed by atoms with Gasteiger partial charge in [-0.3, -0.25) is 9.69 Å². The van der Waals surface area contributed by atoms with E-state index in [0.717, 1.165) is 0 Å². The molecule has 0 aromatic heterocycles. The van der Waals surface area contributed by atoms with Gasteiger partial charge in [-0.2, -0.15) is 0 Å². The Kier molecular flexibility index (Phi) is 4.23. The van der Waals surface area contributed by atoms with E-state index in [1.807, 2.05) is 18.2 Å². The molecule has 2 aromatic carbocycles. The number of hydrogen-bond donors (Lipinski definition) is 1. The Hall–Kier alpha value is -2.89. The van der Waals surface area contributed by atoms with Crippen molar-refractivity contribution >= 4 is 23.3 Å². The Morgan fingerprint density at radius 3 is 2.48 bits per heavy atom. The Bertz CT molecular complexity index is 721. The lowest BCUT2D eigenvalue weighted by molar-refractivity contribution is -0.116. The molecule has 1 aliphatic heterocycles. The summed E-state index contributed by atoms with van der Waals surface area (Å²) in [6.07, 6.45) is 0. The van der Waals surface area contributed by atoms with Crippen molar-refractivity contribution in [1.82, 2.24) is 4.90 Å². The van der Waals surface area contributed by atoms with Crippen molar-refractivity contribution in [1.29, 1.82) is 0 Å². The van der Waals surface area contributed by atoms with Gasteiger partial charge < -0.3 is 10.2 Å². The minimum Gasteiger partial charge on any atom is -0.325 e. The molecule has 1 saturated heterocycles. The molecule has 1 aliphatic rings. The van der Waals surface area contributed by atoms with Crippen LogP contribution in [-0.2, 0) is 4.79 Å². The first kappa shape index (κ1) is 15.0. The second-order valence-corrected chi connectivity index (χ2v) is 5.22. The van der Waals surface area contributed by atoms with Crippen LogP contribution in [0, 0.1) is 5.82 Å². The molecular weight excluding hydrogens is 297 g/mol. The first-order chi connectivity index (χ1) is 11.1. The molecule has 0 unspecified atom stereocenters. The summed E-state index contributed by atoms with van der Waals surface area (Å²) < 4.78 is 13.8. The Balaban J connectivity index is 1.63. The van der Waals surface area contributed by atoms with Crippen LogP contribution < -0.4 is 10.2 Å². The quantitative estimate of drug-likeness (QED) is 0.943. The fourth-order valence-corrected chi connectivity index (χ4v) is 2.52. The molecule has 2 aromatic rings. The average Bonchev–Trinajstić information content (AvgIpc) is 2.90. The van der Waals surface area contributed by atoms with Gasteiger partial charge in [0.05, 0.1) is 5.69 Å². The molecule has 6 heteroatoms. The number of rotatable bonds is 4. The summed E-state index contributed by atoms with van der Waals surface area (Å²) >= 11 is 0. The highest BCUT2D eigenvalue weighted by Crippen LogP contribution is 2.23. The summed E-state index contributed by atoms with van der Waals surface area (Å²) in [7, 11) is 0. The number of anilines is 2. The SMILES string of the molecule is O=C(CN1CCN(c2ccccc2F)C1=O)Nc1ccccc1. The molecule has 5 nitrogen and oxygen atoms in total. The van der Waals surface area contributed by atoms with Crippen molar-refractivity contribution in [3.8, 4) is 0 Å². The van der Waals surface area contributed by atoms with Crippen LogP contribution in [0.25, 0.3) is 0 Å². The highest BCUT2D eigenvalue weighted by molar-refractivity contribution is 5.99. The summed E-state index contributed by atoms with van der Waals surface area (Å²) in [4.78, 5) is 27.1. The molecular formula is C17H16FN3O2. The number of hydrogen-bond acceptors (Lipinski definition) is 2. The lowest BCUT2D eigenvalue weighted by Crippen LogP contribution is -2.37. The van der Waals surface area contributed by atoms with Crippen molar-refractivity contribution in [2.24, 2.45) is 0 Å². The zero-order valence-corrected chi connectivity index (χ0v) is 12.4. The van der Waals surface area contributed by atoms with Crippen LogP contribution in [-0.4, -0.2) is 36.5 Å². The molecule has 3 rings (SSSR count). The summed E-state index contributed by atoms with van der Waals surface area (Å²) in [5, 5.41) is 2.73. The van der Waals surface area contributed by atoms with Gasteiger partial charge in [-0.05, 0) is 24.3 Å². The van der Waals surface area contributed by atoms with Crippen LogP contribution in [0.3, 0.4) is 0 Å². The summed E-state index contributed by atoms with van der Waals surface area (Å²) in [6, 6.07) is 14.8. The van der Waals surface area contributed by atoms with E-state index in [4.69, 9.17) is 0 Å². The number of carbonyl (C=O) groups excluding carboxylic acids is 2. The molecule has 0 atom stereocenters. The number of benzene rings is 2. The van der Waals surface area contributed by atoms with Gasteiger partial charge in [-0.25, -0.2) is 9.18 Å². The molecule has 1 heterocycles. The van der Waals surface area contributed by atoms with E-state index in [1.54, 1.807) is 30.3 Å². The fraction of sp³-hybridized carbons (Fsp3) is 0.176. The van der Waals surface area contributed by atoms with Crippen LogP contribution in [0.4, 0.5) is 20.6 Å². The second kappa shape index (κ2) is 6.48. The third-order valence-corrected chi connectivity index (χ3v) is 3.63. The zero-order chi connectivity index (χ0) is 16.2. The molecule has 0 radical (unpaired) electrons. The molecule has 3 amide bonds. The first-order valence-corrected chi connectivity index (χ1v) is 7.31. The van der Waals surface area contributed by atoms with Gasteiger partial charge in [0.1, 0.15) is 12.4 Å². The number of para-hydroxylation sites is 2.